The van der Waals surface area contributed by atoms with Crippen LogP contribution < -0.4 is 20.7 Å². The standard InChI is InChI=1S/C20H19N3O4/c1-26-17-9-14-16(10-18(17)27-2)22-20(25)23(19(14)24)8-7-12-11-21-15-6-4-3-5-13(12)15/h3-6,9-11,21H,7-8H2,1-2H3,(H,22,25). The molecule has 0 aliphatic rings. The monoisotopic (exact) mass is 365 g/mol. The van der Waals surface area contributed by atoms with Gasteiger partial charge in [0.05, 0.1) is 25.1 Å². The maximum atomic E-state index is 12.9. The number of methoxy groups -OCH3 is 2. The zero-order valence-corrected chi connectivity index (χ0v) is 15.0. The fraction of sp³-hybridized carbons (Fsp3) is 0.200. The first kappa shape index (κ1) is 17.0. The molecule has 0 bridgehead atoms. The Bertz CT molecular complexity index is 1250. The molecule has 0 radical (unpaired) electrons. The smallest absolute Gasteiger partial charge is 0.328 e. The molecule has 0 unspecified atom stereocenters. The molecule has 2 aromatic carbocycles. The van der Waals surface area contributed by atoms with Gasteiger partial charge >= 0.3 is 5.69 Å². The van der Waals surface area contributed by atoms with Gasteiger partial charge in [0.2, 0.25) is 0 Å². The van der Waals surface area contributed by atoms with Crippen LogP contribution in [0.5, 0.6) is 11.5 Å². The number of H-pyrrole nitrogens is 2. The molecule has 7 nitrogen and oxygen atoms in total. The second-order valence-electron chi connectivity index (χ2n) is 6.25. The van der Waals surface area contributed by atoms with Crippen molar-refractivity contribution in [2.75, 3.05) is 14.2 Å². The lowest BCUT2D eigenvalue weighted by molar-refractivity contribution is 0.355. The third-order valence-corrected chi connectivity index (χ3v) is 4.77. The van der Waals surface area contributed by atoms with Gasteiger partial charge in [-0.2, -0.15) is 0 Å². The summed E-state index contributed by atoms with van der Waals surface area (Å²) in [5.41, 5.74) is 1.72. The number of nitrogens with zero attached hydrogens (tertiary/aromatic N) is 1. The molecule has 4 rings (SSSR count). The predicted octanol–water partition coefficient (Wildman–Crippen LogP) is 2.43. The van der Waals surface area contributed by atoms with Gasteiger partial charge in [0.1, 0.15) is 0 Å². The average Bonchev–Trinajstić information content (AvgIpc) is 3.10. The van der Waals surface area contributed by atoms with Crippen LogP contribution in [0.1, 0.15) is 5.56 Å². The number of aryl methyl sites for hydroxylation is 1. The van der Waals surface area contributed by atoms with E-state index in [1.807, 2.05) is 30.5 Å². The fourth-order valence-electron chi connectivity index (χ4n) is 3.35. The van der Waals surface area contributed by atoms with Crippen LogP contribution in [0.2, 0.25) is 0 Å². The first-order chi connectivity index (χ1) is 13.1. The molecule has 7 heteroatoms. The Hall–Kier alpha value is -3.48. The number of rotatable bonds is 5. The Balaban J connectivity index is 1.75. The second-order valence-corrected chi connectivity index (χ2v) is 6.25. The van der Waals surface area contributed by atoms with Crippen molar-refractivity contribution in [2.24, 2.45) is 0 Å². The van der Waals surface area contributed by atoms with Crippen molar-refractivity contribution >= 4 is 21.8 Å². The molecule has 0 amide bonds. The Morgan fingerprint density at radius 3 is 2.48 bits per heavy atom. The molecule has 138 valence electrons. The molecule has 0 aliphatic heterocycles. The number of hydrogen-bond acceptors (Lipinski definition) is 4. The van der Waals surface area contributed by atoms with E-state index >= 15 is 0 Å². The van der Waals surface area contributed by atoms with Gasteiger partial charge in [0.15, 0.2) is 11.5 Å². The summed E-state index contributed by atoms with van der Waals surface area (Å²) in [5, 5.41) is 1.47. The molecule has 4 aromatic rings. The molecule has 0 aliphatic carbocycles. The Kier molecular flexibility index (Phi) is 4.19. The van der Waals surface area contributed by atoms with Gasteiger partial charge in [-0.25, -0.2) is 4.79 Å². The van der Waals surface area contributed by atoms with Crippen molar-refractivity contribution in [1.29, 1.82) is 0 Å². The van der Waals surface area contributed by atoms with Gasteiger partial charge in [0, 0.05) is 29.7 Å². The van der Waals surface area contributed by atoms with Gasteiger partial charge < -0.3 is 19.4 Å². The van der Waals surface area contributed by atoms with Crippen LogP contribution in [-0.4, -0.2) is 28.8 Å². The van der Waals surface area contributed by atoms with E-state index in [0.29, 0.717) is 28.8 Å². The van der Waals surface area contributed by atoms with Crippen LogP contribution in [0.3, 0.4) is 0 Å². The number of fused-ring (bicyclic) bond motifs is 2. The van der Waals surface area contributed by atoms with Crippen molar-refractivity contribution in [3.8, 4) is 11.5 Å². The lowest BCUT2D eigenvalue weighted by Gasteiger charge is -2.10. The van der Waals surface area contributed by atoms with E-state index in [0.717, 1.165) is 16.5 Å². The molecule has 0 atom stereocenters. The van der Waals surface area contributed by atoms with Crippen molar-refractivity contribution < 1.29 is 9.47 Å². The van der Waals surface area contributed by atoms with Crippen LogP contribution in [0.25, 0.3) is 21.8 Å². The third kappa shape index (κ3) is 2.87. The minimum Gasteiger partial charge on any atom is -0.493 e. The molecular weight excluding hydrogens is 346 g/mol. The summed E-state index contributed by atoms with van der Waals surface area (Å²) in [6.45, 7) is 0.278. The molecule has 2 N–H and O–H groups in total. The highest BCUT2D eigenvalue weighted by Gasteiger charge is 2.13. The maximum Gasteiger partial charge on any atom is 0.328 e. The average molecular weight is 365 g/mol. The number of nitrogens with one attached hydrogen (secondary N) is 2. The molecule has 0 saturated heterocycles. The van der Waals surface area contributed by atoms with Gasteiger partial charge in [-0.3, -0.25) is 9.36 Å². The van der Waals surface area contributed by atoms with Crippen LogP contribution >= 0.6 is 0 Å². The van der Waals surface area contributed by atoms with E-state index < -0.39 is 5.69 Å². The molecule has 2 aromatic heterocycles. The first-order valence-electron chi connectivity index (χ1n) is 8.56. The lowest BCUT2D eigenvalue weighted by atomic mass is 10.1. The lowest BCUT2D eigenvalue weighted by Crippen LogP contribution is -2.35. The summed E-state index contributed by atoms with van der Waals surface area (Å²) < 4.78 is 11.7. The molecule has 0 fully saturated rings. The summed E-state index contributed by atoms with van der Waals surface area (Å²) in [7, 11) is 3.01. The highest BCUT2D eigenvalue weighted by Crippen LogP contribution is 2.29. The van der Waals surface area contributed by atoms with Crippen molar-refractivity contribution in [2.45, 2.75) is 13.0 Å². The van der Waals surface area contributed by atoms with Crippen molar-refractivity contribution in [1.82, 2.24) is 14.5 Å². The minimum atomic E-state index is -0.445. The molecule has 0 spiro atoms. The van der Waals surface area contributed by atoms with Crippen LogP contribution in [-0.2, 0) is 13.0 Å². The van der Waals surface area contributed by atoms with Gasteiger partial charge in [0.25, 0.3) is 5.56 Å². The number of ether oxygens (including phenoxy) is 2. The third-order valence-electron chi connectivity index (χ3n) is 4.77. The molecule has 2 heterocycles. The van der Waals surface area contributed by atoms with Crippen LogP contribution in [0, 0.1) is 0 Å². The fourth-order valence-corrected chi connectivity index (χ4v) is 3.35. The summed E-state index contributed by atoms with van der Waals surface area (Å²) >= 11 is 0. The van der Waals surface area contributed by atoms with Crippen molar-refractivity contribution in [3.05, 3.63) is 69.0 Å². The number of aromatic nitrogens is 3. The molecule has 27 heavy (non-hydrogen) atoms. The number of para-hydroxylation sites is 1. The number of hydrogen-bond donors (Lipinski definition) is 2. The maximum absolute atomic E-state index is 12.9. The summed E-state index contributed by atoms with van der Waals surface area (Å²) in [5.74, 6) is 0.897. The van der Waals surface area contributed by atoms with Gasteiger partial charge in [-0.05, 0) is 24.1 Å². The summed E-state index contributed by atoms with van der Waals surface area (Å²) in [4.78, 5) is 31.3. The molecule has 0 saturated carbocycles. The minimum absolute atomic E-state index is 0.278. The van der Waals surface area contributed by atoms with E-state index in [4.69, 9.17) is 9.47 Å². The Morgan fingerprint density at radius 2 is 1.70 bits per heavy atom. The Morgan fingerprint density at radius 1 is 0.963 bits per heavy atom. The second kappa shape index (κ2) is 6.68. The summed E-state index contributed by atoms with van der Waals surface area (Å²) in [6.07, 6.45) is 2.48. The molecular formula is C20H19N3O4. The topological polar surface area (TPSA) is 89.1 Å². The van der Waals surface area contributed by atoms with E-state index in [1.54, 1.807) is 12.1 Å². The first-order valence-corrected chi connectivity index (χ1v) is 8.56. The van der Waals surface area contributed by atoms with Crippen molar-refractivity contribution in [3.63, 3.8) is 0 Å². The quantitative estimate of drug-likeness (QED) is 0.568. The predicted molar refractivity (Wildman–Crippen MR) is 104 cm³/mol. The zero-order valence-electron chi connectivity index (χ0n) is 15.0. The van der Waals surface area contributed by atoms with Crippen LogP contribution in [0.15, 0.2) is 52.2 Å². The highest BCUT2D eigenvalue weighted by molar-refractivity contribution is 5.83. The number of aromatic amines is 2. The van der Waals surface area contributed by atoms with Gasteiger partial charge in [-0.1, -0.05) is 18.2 Å². The Labute approximate surface area is 154 Å². The van der Waals surface area contributed by atoms with E-state index in [-0.39, 0.29) is 12.1 Å². The zero-order chi connectivity index (χ0) is 19.0. The van der Waals surface area contributed by atoms with Crippen LogP contribution in [0.4, 0.5) is 0 Å². The summed E-state index contributed by atoms with van der Waals surface area (Å²) in [6, 6.07) is 11.1. The largest absolute Gasteiger partial charge is 0.493 e. The SMILES string of the molecule is COc1cc2[nH]c(=O)n(CCc3c[nH]c4ccccc34)c(=O)c2cc1OC. The van der Waals surface area contributed by atoms with E-state index in [1.165, 1.54) is 18.8 Å². The number of benzene rings is 2. The van der Waals surface area contributed by atoms with E-state index in [9.17, 15) is 9.59 Å². The normalized spacial score (nSPS) is 11.2. The highest BCUT2D eigenvalue weighted by atomic mass is 16.5. The van der Waals surface area contributed by atoms with Gasteiger partial charge in [-0.15, -0.1) is 0 Å². The van der Waals surface area contributed by atoms with E-state index in [2.05, 4.69) is 9.97 Å².